The van der Waals surface area contributed by atoms with Gasteiger partial charge in [-0.25, -0.2) is 9.18 Å². The van der Waals surface area contributed by atoms with E-state index in [4.69, 9.17) is 16.3 Å². The summed E-state index contributed by atoms with van der Waals surface area (Å²) in [6.07, 6.45) is 4.24. The van der Waals surface area contributed by atoms with E-state index >= 15 is 0 Å². The molecule has 1 aliphatic heterocycles. The topological polar surface area (TPSA) is 47.9 Å². The minimum absolute atomic E-state index is 0.163. The lowest BCUT2D eigenvalue weighted by Crippen LogP contribution is -2.06. The number of nitrogens with zero attached hydrogens (tertiary/aromatic N) is 1. The van der Waals surface area contributed by atoms with Crippen molar-refractivity contribution >= 4 is 29.5 Å². The first kappa shape index (κ1) is 17.4. The first-order valence-corrected chi connectivity index (χ1v) is 8.31. The Balaban J connectivity index is 1.99. The van der Waals surface area contributed by atoms with E-state index < -0.39 is 11.8 Å². The smallest absolute Gasteiger partial charge is 0.340 e. The number of hydrogen-bond acceptors (Lipinski definition) is 4. The van der Waals surface area contributed by atoms with Gasteiger partial charge in [0.2, 0.25) is 0 Å². The Hall–Kier alpha value is -2.40. The summed E-state index contributed by atoms with van der Waals surface area (Å²) in [5, 5.41) is 0.677. The number of benzene rings is 2. The molecule has 0 amide bonds. The highest BCUT2D eigenvalue weighted by atomic mass is 35.5. The van der Waals surface area contributed by atoms with Crippen LogP contribution in [-0.4, -0.2) is 19.3 Å². The largest absolute Gasteiger partial charge is 0.487 e. The predicted molar refractivity (Wildman–Crippen MR) is 94.6 cm³/mol. The summed E-state index contributed by atoms with van der Waals surface area (Å²) in [7, 11) is 1.21. The number of carbonyl (C=O) groups excluding carboxylic acids is 1. The number of carbonyl (C=O) groups is 1. The molecule has 0 saturated carbocycles. The predicted octanol–water partition coefficient (Wildman–Crippen LogP) is 4.88. The van der Waals surface area contributed by atoms with Gasteiger partial charge in [-0.1, -0.05) is 17.7 Å². The summed E-state index contributed by atoms with van der Waals surface area (Å²) in [6.45, 7) is 0.270. The molecule has 0 bridgehead atoms. The van der Waals surface area contributed by atoms with Crippen LogP contribution in [0.3, 0.4) is 0 Å². The van der Waals surface area contributed by atoms with E-state index in [2.05, 4.69) is 9.73 Å². The van der Waals surface area contributed by atoms with Gasteiger partial charge in [-0.05, 0) is 48.6 Å². The van der Waals surface area contributed by atoms with E-state index in [1.165, 1.54) is 19.2 Å². The Morgan fingerprint density at radius 1 is 1.28 bits per heavy atom. The highest BCUT2D eigenvalue weighted by Crippen LogP contribution is 2.32. The maximum atomic E-state index is 14.2. The Morgan fingerprint density at radius 3 is 2.92 bits per heavy atom. The van der Waals surface area contributed by atoms with Crippen LogP contribution in [0.5, 0.6) is 5.75 Å². The van der Waals surface area contributed by atoms with E-state index in [-0.39, 0.29) is 17.9 Å². The van der Waals surface area contributed by atoms with Crippen LogP contribution in [-0.2, 0) is 17.8 Å². The average Bonchev–Trinajstić information content (AvgIpc) is 2.64. The lowest BCUT2D eigenvalue weighted by molar-refractivity contribution is 0.0595. The summed E-state index contributed by atoms with van der Waals surface area (Å²) in [5.74, 6) is -1.17. The van der Waals surface area contributed by atoms with Crippen LogP contribution in [0.1, 0.15) is 34.3 Å². The van der Waals surface area contributed by atoms with Gasteiger partial charge in [0.15, 0.2) is 0 Å². The number of rotatable bonds is 1. The molecule has 0 spiro atoms. The second-order valence-electron chi connectivity index (χ2n) is 5.70. The lowest BCUT2D eigenvalue weighted by atomic mass is 10.0. The minimum atomic E-state index is -0.746. The van der Waals surface area contributed by atoms with E-state index in [0.717, 1.165) is 30.4 Å². The van der Waals surface area contributed by atoms with Gasteiger partial charge in [-0.15, -0.1) is 0 Å². The maximum absolute atomic E-state index is 14.2. The number of aliphatic imine (C=N–C) groups is 1. The van der Waals surface area contributed by atoms with E-state index in [1.54, 1.807) is 6.21 Å². The average molecular weight is 362 g/mol. The zero-order valence-corrected chi connectivity index (χ0v) is 14.5. The van der Waals surface area contributed by atoms with Crippen LogP contribution in [0.2, 0.25) is 5.02 Å². The van der Waals surface area contributed by atoms with Crippen molar-refractivity contribution in [3.05, 3.63) is 57.9 Å². The number of halogens is 2. The standard InChI is InChI=1S/C19H17ClFNO3/c1-24-19(23)15-9-17-18(10-16(15)21)25-11-13-5-6-14(20)8-12(13)4-2-3-7-22-17/h5-10H,2-4,11H2,1H3/b22-7-. The van der Waals surface area contributed by atoms with Crippen LogP contribution in [0.15, 0.2) is 35.3 Å². The Bertz CT molecular complexity index is 836. The van der Waals surface area contributed by atoms with Crippen LogP contribution >= 0.6 is 11.6 Å². The summed E-state index contributed by atoms with van der Waals surface area (Å²) in [6, 6.07) is 8.17. The van der Waals surface area contributed by atoms with Gasteiger partial charge in [-0.2, -0.15) is 0 Å². The third kappa shape index (κ3) is 3.99. The van der Waals surface area contributed by atoms with Crippen molar-refractivity contribution in [2.24, 2.45) is 4.99 Å². The van der Waals surface area contributed by atoms with Crippen molar-refractivity contribution in [2.45, 2.75) is 25.9 Å². The number of hydrogen-bond donors (Lipinski definition) is 0. The molecule has 6 heteroatoms. The third-order valence-electron chi connectivity index (χ3n) is 4.02. The fourth-order valence-corrected chi connectivity index (χ4v) is 2.89. The van der Waals surface area contributed by atoms with E-state index in [9.17, 15) is 9.18 Å². The monoisotopic (exact) mass is 361 g/mol. The third-order valence-corrected chi connectivity index (χ3v) is 4.25. The van der Waals surface area contributed by atoms with Gasteiger partial charge in [-0.3, -0.25) is 4.99 Å². The Morgan fingerprint density at radius 2 is 2.12 bits per heavy atom. The number of ether oxygens (including phenoxy) is 2. The van der Waals surface area contributed by atoms with Gasteiger partial charge in [0.05, 0.1) is 12.7 Å². The summed E-state index contributed by atoms with van der Waals surface area (Å²) >= 11 is 6.08. The number of esters is 1. The molecule has 3 rings (SSSR count). The zero-order chi connectivity index (χ0) is 17.8. The molecule has 2 aromatic rings. The molecule has 0 fully saturated rings. The summed E-state index contributed by atoms with van der Waals surface area (Å²) < 4.78 is 24.6. The molecule has 2 aromatic carbocycles. The molecular formula is C19H17ClFNO3. The molecule has 0 saturated heterocycles. The first-order chi connectivity index (χ1) is 12.1. The van der Waals surface area contributed by atoms with Gasteiger partial charge in [0, 0.05) is 17.3 Å². The zero-order valence-electron chi connectivity index (χ0n) is 13.7. The van der Waals surface area contributed by atoms with Crippen molar-refractivity contribution < 1.29 is 18.7 Å². The van der Waals surface area contributed by atoms with Gasteiger partial charge in [0.1, 0.15) is 23.9 Å². The number of fused-ring (bicyclic) bond motifs is 2. The van der Waals surface area contributed by atoms with Gasteiger partial charge in [0.25, 0.3) is 0 Å². The van der Waals surface area contributed by atoms with Crippen LogP contribution in [0, 0.1) is 5.82 Å². The molecular weight excluding hydrogens is 345 g/mol. The highest BCUT2D eigenvalue weighted by molar-refractivity contribution is 6.30. The molecule has 0 N–H and O–H groups in total. The SMILES string of the molecule is COC(=O)c1cc2c(cc1F)OCc1ccc(Cl)cc1CCC/C=N\2. The van der Waals surface area contributed by atoms with Crippen molar-refractivity contribution in [2.75, 3.05) is 7.11 Å². The summed E-state index contributed by atoms with van der Waals surface area (Å²) in [5.41, 5.74) is 2.34. The Labute approximate surface area is 150 Å². The highest BCUT2D eigenvalue weighted by Gasteiger charge is 2.18. The van der Waals surface area contributed by atoms with Crippen LogP contribution in [0.25, 0.3) is 0 Å². The molecule has 25 heavy (non-hydrogen) atoms. The fraction of sp³-hybridized carbons (Fsp3) is 0.263. The molecule has 0 atom stereocenters. The van der Waals surface area contributed by atoms with Crippen LogP contribution < -0.4 is 4.74 Å². The molecule has 4 nitrogen and oxygen atoms in total. The van der Waals surface area contributed by atoms with Crippen LogP contribution in [0.4, 0.5) is 10.1 Å². The molecule has 130 valence electrons. The van der Waals surface area contributed by atoms with E-state index in [0.29, 0.717) is 10.7 Å². The normalized spacial score (nSPS) is 15.2. The van der Waals surface area contributed by atoms with Crippen molar-refractivity contribution in [3.8, 4) is 5.75 Å². The minimum Gasteiger partial charge on any atom is -0.487 e. The summed E-state index contributed by atoms with van der Waals surface area (Å²) in [4.78, 5) is 16.0. The van der Waals surface area contributed by atoms with Gasteiger partial charge >= 0.3 is 5.97 Å². The van der Waals surface area contributed by atoms with Crippen molar-refractivity contribution in [1.82, 2.24) is 0 Å². The molecule has 1 heterocycles. The maximum Gasteiger partial charge on any atom is 0.340 e. The molecule has 1 aliphatic rings. The molecule has 0 unspecified atom stereocenters. The number of methoxy groups -OCH3 is 1. The lowest BCUT2D eigenvalue weighted by Gasteiger charge is -2.13. The second-order valence-corrected chi connectivity index (χ2v) is 6.13. The fourth-order valence-electron chi connectivity index (χ4n) is 2.70. The molecule has 0 aliphatic carbocycles. The molecule has 0 aromatic heterocycles. The number of aryl methyl sites for hydroxylation is 1. The van der Waals surface area contributed by atoms with Gasteiger partial charge < -0.3 is 9.47 Å². The second kappa shape index (κ2) is 7.66. The quantitative estimate of drug-likeness (QED) is 0.680. The Kier molecular flexibility index (Phi) is 5.34. The van der Waals surface area contributed by atoms with Crippen molar-refractivity contribution in [3.63, 3.8) is 0 Å². The van der Waals surface area contributed by atoms with E-state index in [1.807, 2.05) is 18.2 Å². The molecule has 0 radical (unpaired) electrons. The van der Waals surface area contributed by atoms with Crippen molar-refractivity contribution in [1.29, 1.82) is 0 Å². The first-order valence-electron chi connectivity index (χ1n) is 7.93.